The smallest absolute Gasteiger partial charge is 0.244 e. The molecule has 0 spiro atoms. The molecule has 1 aromatic rings. The third-order valence-corrected chi connectivity index (χ3v) is 6.46. The van der Waals surface area contributed by atoms with Crippen molar-refractivity contribution >= 4 is 31.6 Å². The molecule has 1 aromatic carbocycles. The molecule has 106 valence electrons. The van der Waals surface area contributed by atoms with E-state index in [1.165, 1.54) is 10.4 Å². The maximum Gasteiger partial charge on any atom is 0.244 e. The van der Waals surface area contributed by atoms with Gasteiger partial charge in [0.25, 0.3) is 0 Å². The van der Waals surface area contributed by atoms with E-state index in [9.17, 15) is 13.5 Å². The Morgan fingerprint density at radius 1 is 1.53 bits per heavy atom. The molecule has 2 atom stereocenters. The minimum atomic E-state index is -3.61. The van der Waals surface area contributed by atoms with E-state index in [2.05, 4.69) is 15.9 Å². The number of halogens is 1. The summed E-state index contributed by atoms with van der Waals surface area (Å²) in [5.74, 6) is 0.160. The van der Waals surface area contributed by atoms with E-state index in [0.29, 0.717) is 16.7 Å². The Balaban J connectivity index is 2.42. The lowest BCUT2D eigenvalue weighted by Crippen LogP contribution is -2.39. The van der Waals surface area contributed by atoms with Crippen molar-refractivity contribution in [3.8, 4) is 0 Å². The predicted molar refractivity (Wildman–Crippen MR) is 77.1 cm³/mol. The molecule has 19 heavy (non-hydrogen) atoms. The van der Waals surface area contributed by atoms with Gasteiger partial charge in [0.05, 0.1) is 17.5 Å². The molecule has 5 nitrogen and oxygen atoms in total. The second-order valence-electron chi connectivity index (χ2n) is 4.82. The molecule has 2 rings (SSSR count). The quantitative estimate of drug-likeness (QED) is 0.809. The summed E-state index contributed by atoms with van der Waals surface area (Å²) in [5.41, 5.74) is 6.12. The van der Waals surface area contributed by atoms with Crippen LogP contribution in [0.25, 0.3) is 0 Å². The van der Waals surface area contributed by atoms with Crippen LogP contribution < -0.4 is 5.73 Å². The van der Waals surface area contributed by atoms with Gasteiger partial charge in [-0.25, -0.2) is 8.42 Å². The van der Waals surface area contributed by atoms with E-state index in [-0.39, 0.29) is 23.5 Å². The summed E-state index contributed by atoms with van der Waals surface area (Å²) in [6.07, 6.45) is 0.761. The zero-order chi connectivity index (χ0) is 14.2. The number of aliphatic hydroxyl groups is 1. The Morgan fingerprint density at radius 3 is 2.79 bits per heavy atom. The summed E-state index contributed by atoms with van der Waals surface area (Å²) in [4.78, 5) is 0.189. The van der Waals surface area contributed by atoms with Crippen LogP contribution >= 0.6 is 15.9 Å². The lowest BCUT2D eigenvalue weighted by atomic mass is 10.0. The normalized spacial score (nSPS) is 24.8. The highest BCUT2D eigenvalue weighted by atomic mass is 79.9. The van der Waals surface area contributed by atoms with Crippen molar-refractivity contribution in [3.63, 3.8) is 0 Å². The molecular weight excluding hydrogens is 332 g/mol. The molecule has 2 unspecified atom stereocenters. The minimum Gasteiger partial charge on any atom is -0.399 e. The van der Waals surface area contributed by atoms with Crippen LogP contribution in [0.1, 0.15) is 13.3 Å². The van der Waals surface area contributed by atoms with Gasteiger partial charge < -0.3 is 10.8 Å². The molecule has 1 saturated heterocycles. The zero-order valence-corrected chi connectivity index (χ0v) is 13.0. The fourth-order valence-corrected chi connectivity index (χ4v) is 5.18. The van der Waals surface area contributed by atoms with Crippen LogP contribution in [0.3, 0.4) is 0 Å². The van der Waals surface area contributed by atoms with Crippen molar-refractivity contribution < 1.29 is 13.5 Å². The van der Waals surface area contributed by atoms with Gasteiger partial charge in [-0.15, -0.1) is 0 Å². The van der Waals surface area contributed by atoms with Crippen molar-refractivity contribution in [1.82, 2.24) is 4.31 Å². The van der Waals surface area contributed by atoms with Crippen molar-refractivity contribution in [2.75, 3.05) is 18.9 Å². The lowest BCUT2D eigenvalue weighted by Gasteiger charge is -2.25. The standard InChI is InChI=1S/C12H17BrN2O3S/c1-8-4-5-15(11(8)7-16)19(17,18)12-3-2-9(14)6-10(12)13/h2-3,6,8,11,16H,4-5,7,14H2,1H3. The first-order valence-electron chi connectivity index (χ1n) is 6.05. The number of benzene rings is 1. The number of anilines is 1. The van der Waals surface area contributed by atoms with E-state index in [4.69, 9.17) is 5.73 Å². The fraction of sp³-hybridized carbons (Fsp3) is 0.500. The van der Waals surface area contributed by atoms with Gasteiger partial charge in [-0.3, -0.25) is 0 Å². The van der Waals surface area contributed by atoms with Gasteiger partial charge in [0.2, 0.25) is 10.0 Å². The number of nitrogens with two attached hydrogens (primary N) is 1. The van der Waals surface area contributed by atoms with Crippen molar-refractivity contribution in [2.45, 2.75) is 24.3 Å². The average molecular weight is 349 g/mol. The van der Waals surface area contributed by atoms with E-state index >= 15 is 0 Å². The van der Waals surface area contributed by atoms with Gasteiger partial charge in [0.1, 0.15) is 0 Å². The minimum absolute atomic E-state index is 0.160. The molecule has 0 radical (unpaired) electrons. The third-order valence-electron chi connectivity index (χ3n) is 3.56. The van der Waals surface area contributed by atoms with Crippen LogP contribution in [0, 0.1) is 5.92 Å². The van der Waals surface area contributed by atoms with Crippen LogP contribution in [0.5, 0.6) is 0 Å². The second-order valence-corrected chi connectivity index (χ2v) is 7.53. The summed E-state index contributed by atoms with van der Waals surface area (Å²) in [6, 6.07) is 4.27. The summed E-state index contributed by atoms with van der Waals surface area (Å²) in [6.45, 7) is 2.23. The van der Waals surface area contributed by atoms with E-state index < -0.39 is 10.0 Å². The van der Waals surface area contributed by atoms with Gasteiger partial charge in [0.15, 0.2) is 0 Å². The Bertz CT molecular complexity index is 576. The van der Waals surface area contributed by atoms with Crippen LogP contribution in [0.15, 0.2) is 27.6 Å². The molecular formula is C12H17BrN2O3S. The molecule has 3 N–H and O–H groups in total. The zero-order valence-electron chi connectivity index (χ0n) is 10.6. The summed E-state index contributed by atoms with van der Waals surface area (Å²) >= 11 is 3.24. The summed E-state index contributed by atoms with van der Waals surface area (Å²) < 4.78 is 27.1. The van der Waals surface area contributed by atoms with Gasteiger partial charge in [0, 0.05) is 16.7 Å². The topological polar surface area (TPSA) is 83.6 Å². The first-order valence-corrected chi connectivity index (χ1v) is 8.29. The number of hydrogen-bond acceptors (Lipinski definition) is 4. The highest BCUT2D eigenvalue weighted by molar-refractivity contribution is 9.10. The molecule has 0 amide bonds. The largest absolute Gasteiger partial charge is 0.399 e. The van der Waals surface area contributed by atoms with Crippen molar-refractivity contribution in [3.05, 3.63) is 22.7 Å². The SMILES string of the molecule is CC1CCN(S(=O)(=O)c2ccc(N)cc2Br)C1CO. The molecule has 1 fully saturated rings. The maximum absolute atomic E-state index is 12.6. The lowest BCUT2D eigenvalue weighted by molar-refractivity contribution is 0.191. The van der Waals surface area contributed by atoms with Crippen molar-refractivity contribution in [1.29, 1.82) is 0 Å². The van der Waals surface area contributed by atoms with Crippen LogP contribution in [-0.2, 0) is 10.0 Å². The van der Waals surface area contributed by atoms with Gasteiger partial charge in [-0.2, -0.15) is 4.31 Å². The Labute approximate surface area is 121 Å². The number of rotatable bonds is 3. The van der Waals surface area contributed by atoms with Gasteiger partial charge >= 0.3 is 0 Å². The molecule has 7 heteroatoms. The molecule has 0 aromatic heterocycles. The van der Waals surface area contributed by atoms with E-state index in [1.807, 2.05) is 6.92 Å². The van der Waals surface area contributed by atoms with Crippen LogP contribution in [0.2, 0.25) is 0 Å². The highest BCUT2D eigenvalue weighted by Crippen LogP contribution is 2.33. The maximum atomic E-state index is 12.6. The number of hydrogen-bond donors (Lipinski definition) is 2. The Kier molecular flexibility index (Phi) is 4.20. The first-order chi connectivity index (χ1) is 8.87. The summed E-state index contributed by atoms with van der Waals surface area (Å²) in [7, 11) is -3.61. The Hall–Kier alpha value is -0.630. The third kappa shape index (κ3) is 2.65. The van der Waals surface area contributed by atoms with Crippen molar-refractivity contribution in [2.24, 2.45) is 5.92 Å². The fourth-order valence-electron chi connectivity index (χ4n) is 2.39. The van der Waals surface area contributed by atoms with Gasteiger partial charge in [-0.1, -0.05) is 6.92 Å². The van der Waals surface area contributed by atoms with E-state index in [1.54, 1.807) is 12.1 Å². The molecule has 0 aliphatic carbocycles. The van der Waals surface area contributed by atoms with Crippen LogP contribution in [0.4, 0.5) is 5.69 Å². The first kappa shape index (κ1) is 14.8. The molecule has 0 bridgehead atoms. The number of sulfonamides is 1. The molecule has 0 saturated carbocycles. The monoisotopic (exact) mass is 348 g/mol. The number of aliphatic hydroxyl groups excluding tert-OH is 1. The predicted octanol–water partition coefficient (Wildman–Crippen LogP) is 1.42. The molecule has 1 aliphatic rings. The molecule has 1 aliphatic heterocycles. The number of nitrogens with zero attached hydrogens (tertiary/aromatic N) is 1. The highest BCUT2D eigenvalue weighted by Gasteiger charge is 2.39. The Morgan fingerprint density at radius 2 is 2.21 bits per heavy atom. The average Bonchev–Trinajstić information content (AvgIpc) is 2.70. The second kappa shape index (κ2) is 5.40. The summed E-state index contributed by atoms with van der Waals surface area (Å²) in [5, 5.41) is 9.39. The molecule has 1 heterocycles. The van der Waals surface area contributed by atoms with E-state index in [0.717, 1.165) is 6.42 Å². The number of nitrogen functional groups attached to an aromatic ring is 1. The van der Waals surface area contributed by atoms with Gasteiger partial charge in [-0.05, 0) is 46.5 Å². The van der Waals surface area contributed by atoms with Crippen LogP contribution in [-0.4, -0.2) is 37.0 Å².